The smallest absolute Gasteiger partial charge is 0.269 e. The number of carbonyl (C=O) groups excluding carboxylic acids is 1. The third kappa shape index (κ3) is 4.54. The van der Waals surface area contributed by atoms with E-state index in [4.69, 9.17) is 11.5 Å². The number of amides is 1. The number of benzene rings is 1. The number of nitrogens with two attached hydrogens (primary N) is 2. The first-order valence-corrected chi connectivity index (χ1v) is 7.41. The Morgan fingerprint density at radius 3 is 2.52 bits per heavy atom. The van der Waals surface area contributed by atoms with Crippen molar-refractivity contribution >= 4 is 40.7 Å². The molecule has 0 unspecified atom stereocenters. The Kier molecular flexibility index (Phi) is 4.96. The fraction of sp³-hybridized carbons (Fsp3) is 0.154. The van der Waals surface area contributed by atoms with Crippen molar-refractivity contribution in [2.45, 2.75) is 12.1 Å². The average molecular weight is 334 g/mol. The van der Waals surface area contributed by atoms with Crippen molar-refractivity contribution in [3.05, 3.63) is 39.9 Å². The van der Waals surface area contributed by atoms with Gasteiger partial charge in [0, 0.05) is 23.9 Å². The first kappa shape index (κ1) is 16.5. The van der Waals surface area contributed by atoms with Gasteiger partial charge in [-0.05, 0) is 18.6 Å². The Labute approximate surface area is 135 Å². The lowest BCUT2D eigenvalue weighted by molar-refractivity contribution is -0.384. The molecule has 5 N–H and O–H groups in total. The average Bonchev–Trinajstić information content (AvgIpc) is 2.46. The molecule has 0 bridgehead atoms. The largest absolute Gasteiger partial charge is 0.383 e. The van der Waals surface area contributed by atoms with E-state index in [9.17, 15) is 14.9 Å². The van der Waals surface area contributed by atoms with Crippen LogP contribution in [0.4, 0.5) is 23.0 Å². The van der Waals surface area contributed by atoms with Crippen molar-refractivity contribution < 1.29 is 9.72 Å². The highest BCUT2D eigenvalue weighted by Crippen LogP contribution is 2.22. The second-order valence-electron chi connectivity index (χ2n) is 4.59. The Hall–Kier alpha value is -2.88. The molecule has 120 valence electrons. The normalized spacial score (nSPS) is 10.3. The van der Waals surface area contributed by atoms with Crippen LogP contribution in [0.5, 0.6) is 0 Å². The molecule has 0 aliphatic heterocycles. The third-order valence-corrected chi connectivity index (χ3v) is 3.62. The van der Waals surface area contributed by atoms with Gasteiger partial charge in [0.1, 0.15) is 11.6 Å². The molecule has 9 nitrogen and oxygen atoms in total. The highest BCUT2D eigenvalue weighted by molar-refractivity contribution is 7.99. The molecule has 0 saturated carbocycles. The van der Waals surface area contributed by atoms with E-state index in [0.717, 1.165) is 11.8 Å². The Balaban J connectivity index is 1.98. The molecule has 2 rings (SSSR count). The van der Waals surface area contributed by atoms with Gasteiger partial charge in [-0.1, -0.05) is 11.8 Å². The van der Waals surface area contributed by atoms with Crippen LogP contribution in [0.25, 0.3) is 0 Å². The molecule has 23 heavy (non-hydrogen) atoms. The monoisotopic (exact) mass is 334 g/mol. The maximum atomic E-state index is 11.9. The van der Waals surface area contributed by atoms with E-state index < -0.39 is 4.92 Å². The van der Waals surface area contributed by atoms with Gasteiger partial charge < -0.3 is 16.8 Å². The summed E-state index contributed by atoms with van der Waals surface area (Å²) < 4.78 is 0. The molecule has 1 heterocycles. The van der Waals surface area contributed by atoms with E-state index in [1.54, 1.807) is 6.92 Å². The summed E-state index contributed by atoms with van der Waals surface area (Å²) in [6.45, 7) is 1.68. The van der Waals surface area contributed by atoms with Gasteiger partial charge in [0.15, 0.2) is 5.16 Å². The van der Waals surface area contributed by atoms with E-state index in [1.807, 2.05) is 0 Å². The molecular weight excluding hydrogens is 320 g/mol. The number of anilines is 3. The van der Waals surface area contributed by atoms with Crippen LogP contribution in [0.15, 0.2) is 29.4 Å². The molecule has 0 atom stereocenters. The molecule has 0 radical (unpaired) electrons. The molecule has 0 spiro atoms. The summed E-state index contributed by atoms with van der Waals surface area (Å²) in [6.07, 6.45) is 0. The van der Waals surface area contributed by atoms with E-state index >= 15 is 0 Å². The number of non-ortho nitro benzene ring substituents is 1. The van der Waals surface area contributed by atoms with E-state index in [0.29, 0.717) is 16.4 Å². The molecule has 2 aromatic rings. The number of hydrogen-bond donors (Lipinski definition) is 3. The number of aryl methyl sites for hydroxylation is 1. The zero-order valence-corrected chi connectivity index (χ0v) is 13.0. The predicted molar refractivity (Wildman–Crippen MR) is 88.0 cm³/mol. The summed E-state index contributed by atoms with van der Waals surface area (Å²) in [5.74, 6) is 0.217. The highest BCUT2D eigenvalue weighted by atomic mass is 32.2. The number of nitro benzene ring substituents is 1. The van der Waals surface area contributed by atoms with E-state index in [1.165, 1.54) is 24.3 Å². The molecule has 0 fully saturated rings. The van der Waals surface area contributed by atoms with Gasteiger partial charge in [0.05, 0.1) is 10.7 Å². The van der Waals surface area contributed by atoms with Gasteiger partial charge in [0.2, 0.25) is 5.91 Å². The minimum absolute atomic E-state index is 0.0292. The highest BCUT2D eigenvalue weighted by Gasteiger charge is 2.11. The van der Waals surface area contributed by atoms with Crippen molar-refractivity contribution in [3.63, 3.8) is 0 Å². The SMILES string of the molecule is Cc1cc([N+](=O)[O-])ccc1NC(=O)CSc1nc(N)cc(N)n1. The second kappa shape index (κ2) is 6.92. The first-order chi connectivity index (χ1) is 10.8. The summed E-state index contributed by atoms with van der Waals surface area (Å²) in [6, 6.07) is 5.64. The maximum absolute atomic E-state index is 11.9. The molecule has 1 aromatic heterocycles. The maximum Gasteiger partial charge on any atom is 0.269 e. The fourth-order valence-electron chi connectivity index (χ4n) is 1.74. The molecule has 0 aliphatic rings. The molecule has 0 aliphatic carbocycles. The van der Waals surface area contributed by atoms with Gasteiger partial charge in [-0.2, -0.15) is 0 Å². The van der Waals surface area contributed by atoms with E-state index in [-0.39, 0.29) is 29.0 Å². The fourth-order valence-corrected chi connectivity index (χ4v) is 2.42. The quantitative estimate of drug-likeness (QED) is 0.323. The lowest BCUT2D eigenvalue weighted by atomic mass is 10.2. The third-order valence-electron chi connectivity index (χ3n) is 2.77. The van der Waals surface area contributed by atoms with Gasteiger partial charge in [-0.25, -0.2) is 9.97 Å². The minimum atomic E-state index is -0.490. The summed E-state index contributed by atoms with van der Waals surface area (Å²) in [7, 11) is 0. The van der Waals surface area contributed by atoms with Crippen molar-refractivity contribution in [2.24, 2.45) is 0 Å². The van der Waals surface area contributed by atoms with Crippen molar-refractivity contribution in [2.75, 3.05) is 22.5 Å². The van der Waals surface area contributed by atoms with Crippen LogP contribution < -0.4 is 16.8 Å². The zero-order valence-electron chi connectivity index (χ0n) is 12.1. The van der Waals surface area contributed by atoms with Gasteiger partial charge in [0.25, 0.3) is 5.69 Å². The van der Waals surface area contributed by atoms with Crippen molar-refractivity contribution in [3.8, 4) is 0 Å². The number of nitrogens with one attached hydrogen (secondary N) is 1. The van der Waals surface area contributed by atoms with Crippen LogP contribution in [-0.2, 0) is 4.79 Å². The van der Waals surface area contributed by atoms with Crippen LogP contribution >= 0.6 is 11.8 Å². The number of nitrogen functional groups attached to an aromatic ring is 2. The molecule has 0 saturated heterocycles. The van der Waals surface area contributed by atoms with Crippen LogP contribution in [0.1, 0.15) is 5.56 Å². The van der Waals surface area contributed by atoms with Crippen LogP contribution in [0.3, 0.4) is 0 Å². The Bertz CT molecular complexity index is 747. The van der Waals surface area contributed by atoms with Crippen LogP contribution in [0, 0.1) is 17.0 Å². The number of nitro groups is 1. The zero-order chi connectivity index (χ0) is 17.0. The number of carbonyl (C=O) groups is 1. The molecular formula is C13H14N6O3S. The minimum Gasteiger partial charge on any atom is -0.383 e. The first-order valence-electron chi connectivity index (χ1n) is 6.43. The Morgan fingerprint density at radius 2 is 1.96 bits per heavy atom. The second-order valence-corrected chi connectivity index (χ2v) is 5.54. The summed E-state index contributed by atoms with van der Waals surface area (Å²) in [5, 5.41) is 13.7. The number of thioether (sulfide) groups is 1. The van der Waals surface area contributed by atoms with Crippen LogP contribution in [-0.4, -0.2) is 26.6 Å². The predicted octanol–water partition coefficient (Wildman–Crippen LogP) is 1.59. The van der Waals surface area contributed by atoms with Gasteiger partial charge in [-0.3, -0.25) is 14.9 Å². The summed E-state index contributed by atoms with van der Waals surface area (Å²) in [4.78, 5) is 30.0. The van der Waals surface area contributed by atoms with Gasteiger partial charge >= 0.3 is 0 Å². The lowest BCUT2D eigenvalue weighted by Crippen LogP contribution is -2.15. The van der Waals surface area contributed by atoms with Gasteiger partial charge in [-0.15, -0.1) is 0 Å². The molecule has 10 heteroatoms. The van der Waals surface area contributed by atoms with Crippen molar-refractivity contribution in [1.82, 2.24) is 9.97 Å². The van der Waals surface area contributed by atoms with E-state index in [2.05, 4.69) is 15.3 Å². The lowest BCUT2D eigenvalue weighted by Gasteiger charge is -2.08. The molecule has 1 amide bonds. The number of nitrogens with zero attached hydrogens (tertiary/aromatic N) is 3. The summed E-state index contributed by atoms with van der Waals surface area (Å²) >= 11 is 1.09. The topological polar surface area (TPSA) is 150 Å². The number of rotatable bonds is 5. The van der Waals surface area contributed by atoms with Crippen LogP contribution in [0.2, 0.25) is 0 Å². The standard InChI is InChI=1S/C13H14N6O3S/c1-7-4-8(19(21)22)2-3-9(7)16-12(20)6-23-13-17-10(14)5-11(15)18-13/h2-5H,6H2,1H3,(H,16,20)(H4,14,15,17,18). The number of aromatic nitrogens is 2. The molecule has 1 aromatic carbocycles. The Morgan fingerprint density at radius 1 is 1.30 bits per heavy atom. The van der Waals surface area contributed by atoms with Crippen molar-refractivity contribution in [1.29, 1.82) is 0 Å². The number of hydrogen-bond acceptors (Lipinski definition) is 8. The summed E-state index contributed by atoms with van der Waals surface area (Å²) in [5.41, 5.74) is 12.2.